The van der Waals surface area contributed by atoms with Crippen molar-refractivity contribution in [1.82, 2.24) is 4.98 Å². The highest BCUT2D eigenvalue weighted by atomic mass is 35.5. The zero-order valence-electron chi connectivity index (χ0n) is 20.4. The molecule has 202 valence electrons. The summed E-state index contributed by atoms with van der Waals surface area (Å²) >= 11 is 11.9. The molecule has 0 aliphatic carbocycles. The molecule has 38 heavy (non-hydrogen) atoms. The number of alkyl halides is 3. The Kier molecular flexibility index (Phi) is 10.2. The normalized spacial score (nSPS) is 11.2. The number of amides is 2. The number of carboxylic acids is 1. The van der Waals surface area contributed by atoms with E-state index in [1.807, 2.05) is 12.1 Å². The lowest BCUT2D eigenvalue weighted by molar-refractivity contribution is -0.884. The van der Waals surface area contributed by atoms with Crippen molar-refractivity contribution in [3.8, 4) is 0 Å². The van der Waals surface area contributed by atoms with Gasteiger partial charge >= 0.3 is 6.18 Å². The summed E-state index contributed by atoms with van der Waals surface area (Å²) in [7, 11) is 6.31. The maximum atomic E-state index is 12.8. The van der Waals surface area contributed by atoms with Gasteiger partial charge in [-0.1, -0.05) is 35.3 Å². The molecule has 0 aliphatic rings. The Morgan fingerprint density at radius 2 is 1.47 bits per heavy atom. The minimum absolute atomic E-state index is 0.222. The van der Waals surface area contributed by atoms with E-state index in [2.05, 4.69) is 36.8 Å². The fourth-order valence-corrected chi connectivity index (χ4v) is 3.23. The Labute approximate surface area is 226 Å². The summed E-state index contributed by atoms with van der Waals surface area (Å²) in [6.45, 7) is 0.849. The summed E-state index contributed by atoms with van der Waals surface area (Å²) < 4.78 is 32.3. The van der Waals surface area contributed by atoms with Crippen molar-refractivity contribution in [3.63, 3.8) is 0 Å². The number of rotatable bonds is 6. The van der Waals surface area contributed by atoms with Gasteiger partial charge in [-0.3, -0.25) is 9.59 Å². The molecular weight excluding hydrogens is 548 g/mol. The van der Waals surface area contributed by atoms with Crippen LogP contribution in [0.5, 0.6) is 0 Å². The highest BCUT2D eigenvalue weighted by Crippen LogP contribution is 2.23. The van der Waals surface area contributed by atoms with E-state index in [9.17, 15) is 22.8 Å². The van der Waals surface area contributed by atoms with Gasteiger partial charge in [-0.25, -0.2) is 4.98 Å². The number of carbonyl (C=O) groups excluding carboxylic acids is 3. The summed E-state index contributed by atoms with van der Waals surface area (Å²) in [6, 6.07) is 15.3. The predicted octanol–water partition coefficient (Wildman–Crippen LogP) is 4.40. The molecule has 1 heterocycles. The summed E-state index contributed by atoms with van der Waals surface area (Å²) in [6.07, 6.45) is -3.76. The minimum atomic E-state index is -5.19. The van der Waals surface area contributed by atoms with E-state index in [1.165, 1.54) is 12.3 Å². The van der Waals surface area contributed by atoms with Crippen LogP contribution in [-0.2, 0) is 11.3 Å². The number of carbonyl (C=O) groups is 3. The van der Waals surface area contributed by atoms with Crippen LogP contribution in [0.4, 0.5) is 24.7 Å². The van der Waals surface area contributed by atoms with Gasteiger partial charge in [-0.2, -0.15) is 13.2 Å². The summed E-state index contributed by atoms with van der Waals surface area (Å²) in [5.74, 6) is -3.45. The van der Waals surface area contributed by atoms with Gasteiger partial charge in [0, 0.05) is 22.3 Å². The number of aliphatic carboxylic acids is 1. The number of benzene rings is 2. The monoisotopic (exact) mass is 570 g/mol. The number of nitrogens with one attached hydrogen (secondary N) is 2. The fraction of sp³-hybridized carbons (Fsp3) is 0.200. The van der Waals surface area contributed by atoms with E-state index < -0.39 is 18.1 Å². The molecule has 0 spiro atoms. The molecule has 8 nitrogen and oxygen atoms in total. The second-order valence-corrected chi connectivity index (χ2v) is 9.76. The first kappa shape index (κ1) is 30.6. The van der Waals surface area contributed by atoms with Crippen LogP contribution >= 0.6 is 23.2 Å². The third-order valence-electron chi connectivity index (χ3n) is 4.55. The largest absolute Gasteiger partial charge is 0.542 e. The molecule has 2 amide bonds. The number of halogens is 5. The number of hydrogen-bond donors (Lipinski definition) is 2. The average molecular weight is 571 g/mol. The molecule has 2 N–H and O–H groups in total. The van der Waals surface area contributed by atoms with Crippen molar-refractivity contribution < 1.29 is 37.1 Å². The maximum absolute atomic E-state index is 12.8. The molecule has 0 radical (unpaired) electrons. The Morgan fingerprint density at radius 1 is 0.895 bits per heavy atom. The van der Waals surface area contributed by atoms with Crippen molar-refractivity contribution in [2.24, 2.45) is 0 Å². The number of quaternary nitrogens is 1. The predicted molar refractivity (Wildman–Crippen MR) is 136 cm³/mol. The molecule has 3 aromatic rings. The van der Waals surface area contributed by atoms with E-state index in [4.69, 9.17) is 33.1 Å². The lowest BCUT2D eigenvalue weighted by atomic mass is 10.1. The maximum Gasteiger partial charge on any atom is 0.430 e. The number of hydrogen-bond acceptors (Lipinski definition) is 5. The Balaban J connectivity index is 0.000000638. The Bertz CT molecular complexity index is 1290. The highest BCUT2D eigenvalue weighted by molar-refractivity contribution is 6.31. The van der Waals surface area contributed by atoms with Crippen molar-refractivity contribution in [2.45, 2.75) is 12.7 Å². The molecule has 3 rings (SSSR count). The SMILES string of the molecule is C[N+](C)(C)Cc1ccc(C(=O)Nc2ccc(Cl)cc2C(=O)Nc2ccc(Cl)cn2)cc1.O=C([O-])C(F)(F)F. The van der Waals surface area contributed by atoms with Gasteiger partial charge in [0.25, 0.3) is 11.8 Å². The van der Waals surface area contributed by atoms with Gasteiger partial charge in [-0.05, 0) is 42.5 Å². The van der Waals surface area contributed by atoms with E-state index in [1.54, 1.807) is 36.4 Å². The van der Waals surface area contributed by atoms with Crippen LogP contribution in [0.2, 0.25) is 10.0 Å². The molecule has 13 heteroatoms. The van der Waals surface area contributed by atoms with Gasteiger partial charge in [0.2, 0.25) is 0 Å². The lowest BCUT2D eigenvalue weighted by Gasteiger charge is -2.23. The molecule has 1 aromatic heterocycles. The van der Waals surface area contributed by atoms with Crippen molar-refractivity contribution in [3.05, 3.63) is 87.5 Å². The number of carboxylic acid groups (broad SMARTS) is 1. The first-order valence-electron chi connectivity index (χ1n) is 10.8. The van der Waals surface area contributed by atoms with Crippen molar-refractivity contribution >= 4 is 52.5 Å². The first-order chi connectivity index (χ1) is 17.5. The van der Waals surface area contributed by atoms with Crippen molar-refractivity contribution in [2.75, 3.05) is 31.8 Å². The van der Waals surface area contributed by atoms with Crippen LogP contribution in [0.25, 0.3) is 0 Å². The summed E-state index contributed by atoms with van der Waals surface area (Å²) in [5.41, 5.74) is 2.19. The van der Waals surface area contributed by atoms with Crippen LogP contribution in [-0.4, -0.2) is 54.6 Å². The van der Waals surface area contributed by atoms with E-state index in [-0.39, 0.29) is 11.5 Å². The topological polar surface area (TPSA) is 111 Å². The first-order valence-corrected chi connectivity index (χ1v) is 11.5. The molecule has 0 unspecified atom stereocenters. The zero-order chi connectivity index (χ0) is 28.7. The molecule has 0 bridgehead atoms. The minimum Gasteiger partial charge on any atom is -0.542 e. The quantitative estimate of drug-likeness (QED) is 0.427. The number of pyridine rings is 1. The molecule has 0 saturated heterocycles. The zero-order valence-corrected chi connectivity index (χ0v) is 21.9. The number of aromatic nitrogens is 1. The van der Waals surface area contributed by atoms with Crippen LogP contribution in [0.3, 0.4) is 0 Å². The fourth-order valence-electron chi connectivity index (χ4n) is 2.95. The molecule has 0 fully saturated rings. The van der Waals surface area contributed by atoms with Crippen LogP contribution in [0.1, 0.15) is 26.3 Å². The van der Waals surface area contributed by atoms with Crippen LogP contribution in [0.15, 0.2) is 60.8 Å². The molecular formula is C25H23Cl2F3N4O4. The van der Waals surface area contributed by atoms with E-state index >= 15 is 0 Å². The number of nitrogens with zero attached hydrogens (tertiary/aromatic N) is 2. The van der Waals surface area contributed by atoms with Gasteiger partial charge < -0.3 is 25.0 Å². The van der Waals surface area contributed by atoms with Gasteiger partial charge in [0.15, 0.2) is 0 Å². The van der Waals surface area contributed by atoms with Crippen LogP contribution in [0, 0.1) is 0 Å². The second-order valence-electron chi connectivity index (χ2n) is 8.89. The molecule has 0 aliphatic heterocycles. The molecule has 0 atom stereocenters. The van der Waals surface area contributed by atoms with E-state index in [0.717, 1.165) is 16.6 Å². The third kappa shape index (κ3) is 10.0. The van der Waals surface area contributed by atoms with Crippen molar-refractivity contribution in [1.29, 1.82) is 0 Å². The molecule has 2 aromatic carbocycles. The Morgan fingerprint density at radius 3 is 1.97 bits per heavy atom. The Hall–Kier alpha value is -3.67. The van der Waals surface area contributed by atoms with E-state index in [0.29, 0.717) is 27.1 Å². The lowest BCUT2D eigenvalue weighted by Crippen LogP contribution is -2.37. The van der Waals surface area contributed by atoms with Gasteiger partial charge in [0.1, 0.15) is 18.3 Å². The van der Waals surface area contributed by atoms with Crippen LogP contribution < -0.4 is 15.7 Å². The van der Waals surface area contributed by atoms with Gasteiger partial charge in [0.05, 0.1) is 37.4 Å². The smallest absolute Gasteiger partial charge is 0.430 e. The molecule has 0 saturated carbocycles. The number of anilines is 2. The summed E-state index contributed by atoms with van der Waals surface area (Å²) in [4.78, 5) is 38.4. The third-order valence-corrected chi connectivity index (χ3v) is 5.01. The van der Waals surface area contributed by atoms with Gasteiger partial charge in [-0.15, -0.1) is 0 Å². The average Bonchev–Trinajstić information content (AvgIpc) is 2.81. The standard InChI is InChI=1S/C23H22Cl2N4O2.C2HF3O2/c1-29(2,3)14-15-4-6-16(7-5-15)22(30)27-20-10-8-17(24)12-19(20)23(31)28-21-11-9-18(25)13-26-21;3-2(4,5)1(6)7/h4-13H,14H2,1-3H3,(H-,26,27,28,30,31);(H,6,7). The summed E-state index contributed by atoms with van der Waals surface area (Å²) in [5, 5.41) is 15.1. The second kappa shape index (κ2) is 12.7. The highest BCUT2D eigenvalue weighted by Gasteiger charge is 2.28.